The molecule has 0 rings (SSSR count). The number of carbonyl (C=O) groups excluding carboxylic acids is 2. The minimum absolute atomic E-state index is 0.131. The van der Waals surface area contributed by atoms with Gasteiger partial charge in [0.2, 0.25) is 0 Å². The van der Waals surface area contributed by atoms with E-state index in [1.807, 2.05) is 6.92 Å². The van der Waals surface area contributed by atoms with Crippen LogP contribution in [0.4, 0.5) is 0 Å². The van der Waals surface area contributed by atoms with Gasteiger partial charge in [0.05, 0.1) is 5.92 Å². The first kappa shape index (κ1) is 15.3. The Labute approximate surface area is 99.8 Å². The van der Waals surface area contributed by atoms with Gasteiger partial charge in [0.25, 0.3) is 0 Å². The summed E-state index contributed by atoms with van der Waals surface area (Å²) < 4.78 is 0. The maximum absolute atomic E-state index is 11.5. The second-order valence-corrected chi connectivity index (χ2v) is 4.49. The number of Topliss-reactive ketones (excluding diaryl/α,β-unsaturated/α-hetero) is 1. The van der Waals surface area contributed by atoms with Gasteiger partial charge in [0.1, 0.15) is 12.1 Å². The molecule has 0 N–H and O–H groups in total. The van der Waals surface area contributed by atoms with Gasteiger partial charge >= 0.3 is 0 Å². The fourth-order valence-corrected chi connectivity index (χ4v) is 1.84. The van der Waals surface area contributed by atoms with Gasteiger partial charge in [-0.15, -0.1) is 0 Å². The van der Waals surface area contributed by atoms with Crippen molar-refractivity contribution in [3.05, 3.63) is 0 Å². The highest BCUT2D eigenvalue weighted by Gasteiger charge is 2.13. The Bertz CT molecular complexity index is 187. The molecule has 0 heterocycles. The molecule has 0 amide bonds. The lowest BCUT2D eigenvalue weighted by atomic mass is 9.97. The van der Waals surface area contributed by atoms with E-state index in [1.165, 1.54) is 32.1 Å². The molecule has 0 saturated heterocycles. The normalized spacial score (nSPS) is 12.4. The van der Waals surface area contributed by atoms with Crippen molar-refractivity contribution in [1.82, 2.24) is 0 Å². The van der Waals surface area contributed by atoms with Gasteiger partial charge < -0.3 is 4.79 Å². The van der Waals surface area contributed by atoms with Gasteiger partial charge in [-0.2, -0.15) is 0 Å². The van der Waals surface area contributed by atoms with E-state index in [4.69, 9.17) is 0 Å². The van der Waals surface area contributed by atoms with Crippen LogP contribution in [0, 0.1) is 5.92 Å². The van der Waals surface area contributed by atoms with E-state index >= 15 is 0 Å². The Morgan fingerprint density at radius 2 is 1.56 bits per heavy atom. The smallest absolute Gasteiger partial charge is 0.143 e. The van der Waals surface area contributed by atoms with E-state index in [1.54, 1.807) is 0 Å². The van der Waals surface area contributed by atoms with Crippen LogP contribution >= 0.6 is 0 Å². The van der Waals surface area contributed by atoms with E-state index < -0.39 is 0 Å². The summed E-state index contributed by atoms with van der Waals surface area (Å²) in [7, 11) is 0. The lowest BCUT2D eigenvalue weighted by Crippen LogP contribution is -2.14. The molecule has 0 saturated carbocycles. The third-order valence-corrected chi connectivity index (χ3v) is 3.04. The van der Waals surface area contributed by atoms with Crippen molar-refractivity contribution in [2.75, 3.05) is 0 Å². The van der Waals surface area contributed by atoms with Gasteiger partial charge in [-0.25, -0.2) is 0 Å². The van der Waals surface area contributed by atoms with Crippen molar-refractivity contribution in [1.29, 1.82) is 0 Å². The van der Waals surface area contributed by atoms with Crippen molar-refractivity contribution in [2.24, 2.45) is 5.92 Å². The van der Waals surface area contributed by atoms with Crippen molar-refractivity contribution in [2.45, 2.75) is 71.6 Å². The number of ketones is 1. The quantitative estimate of drug-likeness (QED) is 0.304. The molecular weight excluding hydrogens is 200 g/mol. The Kier molecular flexibility index (Phi) is 10.4. The van der Waals surface area contributed by atoms with Crippen LogP contribution in [0.5, 0.6) is 0 Å². The predicted molar refractivity (Wildman–Crippen MR) is 67.5 cm³/mol. The molecule has 0 aliphatic rings. The number of carbonyl (C=O) groups is 2. The van der Waals surface area contributed by atoms with Crippen LogP contribution < -0.4 is 0 Å². The van der Waals surface area contributed by atoms with Crippen LogP contribution in [0.2, 0.25) is 0 Å². The van der Waals surface area contributed by atoms with Crippen LogP contribution in [-0.4, -0.2) is 12.1 Å². The average molecular weight is 226 g/mol. The Hall–Kier alpha value is -0.660. The number of hydrogen-bond donors (Lipinski definition) is 0. The molecule has 16 heavy (non-hydrogen) atoms. The maximum Gasteiger partial charge on any atom is 0.143 e. The molecule has 2 heteroatoms. The highest BCUT2D eigenvalue weighted by molar-refractivity contribution is 5.93. The molecule has 0 bridgehead atoms. The van der Waals surface area contributed by atoms with Gasteiger partial charge in [-0.1, -0.05) is 52.4 Å². The lowest BCUT2D eigenvalue weighted by molar-refractivity contribution is -0.127. The Morgan fingerprint density at radius 1 is 1.00 bits per heavy atom. The lowest BCUT2D eigenvalue weighted by Gasteiger charge is -2.05. The second kappa shape index (κ2) is 10.8. The summed E-state index contributed by atoms with van der Waals surface area (Å²) in [5.74, 6) is -0.217. The Balaban J connectivity index is 3.37. The van der Waals surface area contributed by atoms with Crippen LogP contribution in [0.15, 0.2) is 0 Å². The van der Waals surface area contributed by atoms with Crippen molar-refractivity contribution >= 4 is 12.1 Å². The molecule has 0 radical (unpaired) electrons. The zero-order valence-corrected chi connectivity index (χ0v) is 10.8. The van der Waals surface area contributed by atoms with Crippen molar-refractivity contribution in [3.8, 4) is 0 Å². The monoisotopic (exact) mass is 226 g/mol. The number of hydrogen-bond acceptors (Lipinski definition) is 2. The zero-order chi connectivity index (χ0) is 12.2. The van der Waals surface area contributed by atoms with Crippen LogP contribution in [0.25, 0.3) is 0 Å². The molecule has 1 unspecified atom stereocenters. The molecule has 0 aromatic rings. The summed E-state index contributed by atoms with van der Waals surface area (Å²) in [6, 6.07) is 0. The predicted octanol–water partition coefficient (Wildman–Crippen LogP) is 3.92. The van der Waals surface area contributed by atoms with E-state index in [0.29, 0.717) is 12.8 Å². The van der Waals surface area contributed by atoms with Gasteiger partial charge in [-0.05, 0) is 12.8 Å². The highest BCUT2D eigenvalue weighted by atomic mass is 16.1. The summed E-state index contributed by atoms with van der Waals surface area (Å²) in [6.45, 7) is 4.10. The molecule has 0 fully saturated rings. The highest BCUT2D eigenvalue weighted by Crippen LogP contribution is 2.11. The zero-order valence-electron chi connectivity index (χ0n) is 10.8. The third-order valence-electron chi connectivity index (χ3n) is 3.04. The largest absolute Gasteiger partial charge is 0.303 e. The summed E-state index contributed by atoms with van der Waals surface area (Å²) >= 11 is 0. The minimum atomic E-state index is -0.347. The summed E-state index contributed by atoms with van der Waals surface area (Å²) in [4.78, 5) is 22.1. The van der Waals surface area contributed by atoms with Gasteiger partial charge in [-0.3, -0.25) is 4.79 Å². The maximum atomic E-state index is 11.5. The summed E-state index contributed by atoms with van der Waals surface area (Å²) in [6.07, 6.45) is 10.5. The standard InChI is InChI=1S/C14H26O2/c1-3-5-6-7-8-9-10-11-14(16)13(4-2)12-15/h12-13H,3-11H2,1-2H3. The second-order valence-electron chi connectivity index (χ2n) is 4.49. The summed E-state index contributed by atoms with van der Waals surface area (Å²) in [5.41, 5.74) is 0. The third kappa shape index (κ3) is 7.61. The first-order valence-corrected chi connectivity index (χ1v) is 6.74. The van der Waals surface area contributed by atoms with Crippen molar-refractivity contribution in [3.63, 3.8) is 0 Å². The molecule has 1 atom stereocenters. The van der Waals surface area contributed by atoms with E-state index in [0.717, 1.165) is 19.1 Å². The van der Waals surface area contributed by atoms with E-state index in [-0.39, 0.29) is 11.7 Å². The molecule has 0 aliphatic carbocycles. The van der Waals surface area contributed by atoms with Crippen LogP contribution in [0.3, 0.4) is 0 Å². The molecule has 2 nitrogen and oxygen atoms in total. The minimum Gasteiger partial charge on any atom is -0.303 e. The van der Waals surface area contributed by atoms with E-state index in [2.05, 4.69) is 6.92 Å². The topological polar surface area (TPSA) is 34.1 Å². The number of aldehydes is 1. The molecule has 0 aromatic heterocycles. The van der Waals surface area contributed by atoms with Gasteiger partial charge in [0.15, 0.2) is 0 Å². The number of rotatable bonds is 11. The average Bonchev–Trinajstić information content (AvgIpc) is 2.29. The fraction of sp³-hybridized carbons (Fsp3) is 0.857. The number of unbranched alkanes of at least 4 members (excludes halogenated alkanes) is 6. The van der Waals surface area contributed by atoms with Crippen molar-refractivity contribution < 1.29 is 9.59 Å². The molecule has 0 aliphatic heterocycles. The van der Waals surface area contributed by atoms with Crippen LogP contribution in [0.1, 0.15) is 71.6 Å². The molecular formula is C14H26O2. The molecule has 94 valence electrons. The molecule has 0 spiro atoms. The van der Waals surface area contributed by atoms with Gasteiger partial charge in [0, 0.05) is 6.42 Å². The molecule has 0 aromatic carbocycles. The van der Waals surface area contributed by atoms with Crippen LogP contribution in [-0.2, 0) is 9.59 Å². The first-order chi connectivity index (χ1) is 7.76. The SMILES string of the molecule is CCCCCCCCCC(=O)C(C=O)CC. The fourth-order valence-electron chi connectivity index (χ4n) is 1.84. The first-order valence-electron chi connectivity index (χ1n) is 6.74. The van der Waals surface area contributed by atoms with E-state index in [9.17, 15) is 9.59 Å². The Morgan fingerprint density at radius 3 is 2.06 bits per heavy atom. The summed E-state index contributed by atoms with van der Waals surface area (Å²) in [5, 5.41) is 0.